The van der Waals surface area contributed by atoms with Gasteiger partial charge in [-0.15, -0.1) is 0 Å². The Morgan fingerprint density at radius 1 is 1.13 bits per heavy atom. The van der Waals surface area contributed by atoms with Crippen LogP contribution in [0, 0.1) is 17.8 Å². The molecule has 4 aliphatic rings. The molecule has 1 saturated heterocycles. The number of hydrogen-bond acceptors (Lipinski definition) is 4. The highest BCUT2D eigenvalue weighted by atomic mass is 16.7. The molecule has 4 bridgehead atoms. The zero-order valence-corrected chi connectivity index (χ0v) is 14.7. The van der Waals surface area contributed by atoms with E-state index in [9.17, 15) is 4.79 Å². The summed E-state index contributed by atoms with van der Waals surface area (Å²) in [4.78, 5) is 12.1. The molecular weight excluding hydrogens is 292 g/mol. The predicted octanol–water partition coefficient (Wildman–Crippen LogP) is 4.07. The van der Waals surface area contributed by atoms with Crippen molar-refractivity contribution in [3.63, 3.8) is 0 Å². The van der Waals surface area contributed by atoms with E-state index in [-0.39, 0.29) is 18.2 Å². The Morgan fingerprint density at radius 3 is 2.48 bits per heavy atom. The van der Waals surface area contributed by atoms with Crippen molar-refractivity contribution in [2.75, 3.05) is 6.61 Å². The fourth-order valence-corrected chi connectivity index (χ4v) is 4.68. The van der Waals surface area contributed by atoms with Crippen LogP contribution < -0.4 is 0 Å². The summed E-state index contributed by atoms with van der Waals surface area (Å²) in [6.07, 6.45) is 10.5. The zero-order chi connectivity index (χ0) is 16.2. The molecule has 4 heteroatoms. The Kier molecular flexibility index (Phi) is 5.97. The molecule has 132 valence electrons. The van der Waals surface area contributed by atoms with Crippen molar-refractivity contribution in [1.82, 2.24) is 0 Å². The van der Waals surface area contributed by atoms with E-state index >= 15 is 0 Å². The molecule has 3 aliphatic carbocycles. The number of carbonyl (C=O) groups is 1. The van der Waals surface area contributed by atoms with Gasteiger partial charge in [-0.05, 0) is 57.8 Å². The molecule has 0 amide bonds. The lowest BCUT2D eigenvalue weighted by atomic mass is 9.67. The van der Waals surface area contributed by atoms with Crippen molar-refractivity contribution in [3.05, 3.63) is 0 Å². The van der Waals surface area contributed by atoms with Gasteiger partial charge in [-0.25, -0.2) is 0 Å². The van der Waals surface area contributed by atoms with Gasteiger partial charge in [-0.3, -0.25) is 4.79 Å². The van der Waals surface area contributed by atoms with Gasteiger partial charge in [-0.2, -0.15) is 0 Å². The average Bonchev–Trinajstić information content (AvgIpc) is 2.55. The fourth-order valence-electron chi connectivity index (χ4n) is 4.68. The van der Waals surface area contributed by atoms with Gasteiger partial charge in [0.25, 0.3) is 0 Å². The topological polar surface area (TPSA) is 44.8 Å². The molecule has 0 aromatic heterocycles. The lowest BCUT2D eigenvalue weighted by molar-refractivity contribution is -0.303. The van der Waals surface area contributed by atoms with Gasteiger partial charge < -0.3 is 14.2 Å². The van der Waals surface area contributed by atoms with E-state index in [4.69, 9.17) is 14.2 Å². The first kappa shape index (κ1) is 17.2. The second-order valence-electron chi connectivity index (χ2n) is 7.53. The first-order valence-corrected chi connectivity index (χ1v) is 9.68. The Hall–Kier alpha value is -0.610. The first-order valence-electron chi connectivity index (χ1n) is 9.68. The summed E-state index contributed by atoms with van der Waals surface area (Å²) in [5.74, 6) is 1.39. The highest BCUT2D eigenvalue weighted by Gasteiger charge is 2.48. The fraction of sp³-hybridized carbons (Fsp3) is 0.947. The number of rotatable bonds is 8. The third-order valence-corrected chi connectivity index (χ3v) is 5.92. The molecule has 4 fully saturated rings. The molecule has 0 aromatic rings. The lowest BCUT2D eigenvalue weighted by Gasteiger charge is -2.52. The molecule has 3 saturated carbocycles. The molecule has 3 atom stereocenters. The molecule has 4 nitrogen and oxygen atoms in total. The van der Waals surface area contributed by atoms with Crippen LogP contribution in [-0.2, 0) is 19.0 Å². The molecule has 0 N–H and O–H groups in total. The minimum absolute atomic E-state index is 0.000295. The standard InChI is InChI=1S/C19H32O4/c1-3-5-6-14(19(20)21-4-2)8-10-18-22-16-11-13-7-9-15(16)17(12-13)23-18/h13-18H,3-12H2,1-2H3. The number of ether oxygens (including phenoxy) is 3. The number of esters is 1. The van der Waals surface area contributed by atoms with Crippen molar-refractivity contribution in [2.24, 2.45) is 17.8 Å². The van der Waals surface area contributed by atoms with Gasteiger partial charge >= 0.3 is 5.97 Å². The summed E-state index contributed by atoms with van der Waals surface area (Å²) in [5.41, 5.74) is 0. The number of carbonyl (C=O) groups excluding carboxylic acids is 1. The van der Waals surface area contributed by atoms with E-state index in [1.54, 1.807) is 0 Å². The summed E-state index contributed by atoms with van der Waals surface area (Å²) >= 11 is 0. The van der Waals surface area contributed by atoms with E-state index in [1.165, 1.54) is 25.7 Å². The Morgan fingerprint density at radius 2 is 1.87 bits per heavy atom. The Bertz CT molecular complexity index is 381. The molecular formula is C19H32O4. The number of unbranched alkanes of at least 4 members (excludes halogenated alkanes) is 1. The molecule has 1 heterocycles. The Balaban J connectivity index is 1.49. The van der Waals surface area contributed by atoms with Crippen LogP contribution in [0.3, 0.4) is 0 Å². The second kappa shape index (κ2) is 7.98. The SMILES string of the molecule is CCCCC(CCC1OC2CC3CCC2C(C3)O1)C(=O)OCC. The number of fused-ring (bicyclic) bond motifs is 1. The van der Waals surface area contributed by atoms with Crippen molar-refractivity contribution in [2.45, 2.75) is 90.1 Å². The smallest absolute Gasteiger partial charge is 0.308 e. The van der Waals surface area contributed by atoms with Crippen LogP contribution in [0.15, 0.2) is 0 Å². The maximum Gasteiger partial charge on any atom is 0.308 e. The van der Waals surface area contributed by atoms with Crippen LogP contribution in [0.1, 0.15) is 71.6 Å². The highest BCUT2D eigenvalue weighted by molar-refractivity contribution is 5.72. The van der Waals surface area contributed by atoms with Gasteiger partial charge in [0.05, 0.1) is 24.7 Å². The van der Waals surface area contributed by atoms with E-state index in [0.717, 1.165) is 38.0 Å². The number of hydrogen-bond donors (Lipinski definition) is 0. The lowest BCUT2D eigenvalue weighted by Crippen LogP contribution is -2.54. The van der Waals surface area contributed by atoms with Crippen LogP contribution in [0.4, 0.5) is 0 Å². The van der Waals surface area contributed by atoms with Gasteiger partial charge in [0.2, 0.25) is 0 Å². The van der Waals surface area contributed by atoms with Crippen molar-refractivity contribution in [1.29, 1.82) is 0 Å². The normalized spacial score (nSPS) is 36.7. The molecule has 23 heavy (non-hydrogen) atoms. The highest BCUT2D eigenvalue weighted by Crippen LogP contribution is 2.48. The van der Waals surface area contributed by atoms with Gasteiger partial charge in [-0.1, -0.05) is 19.8 Å². The van der Waals surface area contributed by atoms with Gasteiger partial charge in [0, 0.05) is 5.92 Å². The third kappa shape index (κ3) is 4.08. The van der Waals surface area contributed by atoms with Gasteiger partial charge in [0.1, 0.15) is 0 Å². The van der Waals surface area contributed by atoms with Crippen LogP contribution in [0.2, 0.25) is 0 Å². The van der Waals surface area contributed by atoms with E-state index in [0.29, 0.717) is 24.7 Å². The van der Waals surface area contributed by atoms with Crippen LogP contribution >= 0.6 is 0 Å². The van der Waals surface area contributed by atoms with Crippen molar-refractivity contribution in [3.8, 4) is 0 Å². The first-order chi connectivity index (χ1) is 11.2. The van der Waals surface area contributed by atoms with Crippen molar-refractivity contribution >= 4 is 5.97 Å². The molecule has 0 radical (unpaired) electrons. The minimum Gasteiger partial charge on any atom is -0.466 e. The average molecular weight is 324 g/mol. The molecule has 1 aliphatic heterocycles. The van der Waals surface area contributed by atoms with Crippen LogP contribution in [-0.4, -0.2) is 31.1 Å². The third-order valence-electron chi connectivity index (χ3n) is 5.92. The molecule has 0 aromatic carbocycles. The molecule has 4 rings (SSSR count). The summed E-state index contributed by atoms with van der Waals surface area (Å²) < 4.78 is 17.7. The van der Waals surface area contributed by atoms with E-state index in [2.05, 4.69) is 6.92 Å². The minimum atomic E-state index is -0.112. The maximum absolute atomic E-state index is 12.1. The van der Waals surface area contributed by atoms with Crippen LogP contribution in [0.5, 0.6) is 0 Å². The van der Waals surface area contributed by atoms with E-state index < -0.39 is 0 Å². The predicted molar refractivity (Wildman–Crippen MR) is 87.9 cm³/mol. The monoisotopic (exact) mass is 324 g/mol. The zero-order valence-electron chi connectivity index (χ0n) is 14.7. The maximum atomic E-state index is 12.1. The largest absolute Gasteiger partial charge is 0.466 e. The summed E-state index contributed by atoms with van der Waals surface area (Å²) in [6.45, 7) is 4.50. The van der Waals surface area contributed by atoms with Crippen molar-refractivity contribution < 1.29 is 19.0 Å². The Labute approximate surface area is 140 Å². The van der Waals surface area contributed by atoms with Crippen LogP contribution in [0.25, 0.3) is 0 Å². The summed E-state index contributed by atoms with van der Waals surface area (Å²) in [6, 6.07) is 0. The van der Waals surface area contributed by atoms with Gasteiger partial charge in [0.15, 0.2) is 6.29 Å². The second-order valence-corrected chi connectivity index (χ2v) is 7.53. The molecule has 0 spiro atoms. The quantitative estimate of drug-likeness (QED) is 0.631. The summed E-state index contributed by atoms with van der Waals surface area (Å²) in [7, 11) is 0. The summed E-state index contributed by atoms with van der Waals surface area (Å²) in [5, 5.41) is 0. The van der Waals surface area contributed by atoms with E-state index in [1.807, 2.05) is 6.92 Å². The molecule has 3 unspecified atom stereocenters.